The number of amides is 2. The number of unbranched alkanes of at least 4 members (excludes halogenated alkanes) is 2. The van der Waals surface area contributed by atoms with Crippen LogP contribution in [-0.2, 0) is 14.4 Å². The molecule has 0 unspecified atom stereocenters. The number of carboxylic acids is 1. The number of carbonyl (C=O) groups excluding carboxylic acids is 3. The first-order valence-corrected chi connectivity index (χ1v) is 10.1. The van der Waals surface area contributed by atoms with Crippen LogP contribution in [0.5, 0.6) is 0 Å². The Kier molecular flexibility index (Phi) is 5.96. The SMILES string of the molecule is CCCCCN1C(=O)/C(=C2/SC(=S)N(CCC(=O)[O-])C2=O)c2ccccc21. The van der Waals surface area contributed by atoms with Crippen LogP contribution < -0.4 is 10.0 Å². The molecule has 142 valence electrons. The molecule has 1 aromatic carbocycles. The van der Waals surface area contributed by atoms with Crippen molar-refractivity contribution in [3.63, 3.8) is 0 Å². The average molecular weight is 404 g/mol. The van der Waals surface area contributed by atoms with Crippen molar-refractivity contribution in [3.05, 3.63) is 34.7 Å². The molecule has 0 atom stereocenters. The van der Waals surface area contributed by atoms with Crippen molar-refractivity contribution in [2.75, 3.05) is 18.0 Å². The Balaban J connectivity index is 1.95. The largest absolute Gasteiger partial charge is 0.550 e. The summed E-state index contributed by atoms with van der Waals surface area (Å²) in [5.41, 5.74) is 1.88. The minimum atomic E-state index is -1.25. The Bertz CT molecular complexity index is 850. The molecule has 8 heteroatoms. The van der Waals surface area contributed by atoms with E-state index in [-0.39, 0.29) is 28.1 Å². The zero-order valence-electron chi connectivity index (χ0n) is 14.9. The number of carbonyl (C=O) groups is 3. The van der Waals surface area contributed by atoms with Gasteiger partial charge in [-0.1, -0.05) is 61.9 Å². The zero-order valence-corrected chi connectivity index (χ0v) is 16.5. The van der Waals surface area contributed by atoms with Gasteiger partial charge in [-0.3, -0.25) is 14.5 Å². The molecule has 27 heavy (non-hydrogen) atoms. The molecule has 3 rings (SSSR count). The number of aliphatic carboxylic acids is 1. The lowest BCUT2D eigenvalue weighted by Gasteiger charge is -2.16. The zero-order chi connectivity index (χ0) is 19.6. The summed E-state index contributed by atoms with van der Waals surface area (Å²) in [6, 6.07) is 7.41. The van der Waals surface area contributed by atoms with Gasteiger partial charge in [-0.2, -0.15) is 0 Å². The molecule has 2 aliphatic rings. The molecule has 0 aromatic heterocycles. The monoisotopic (exact) mass is 403 g/mol. The Morgan fingerprint density at radius 3 is 2.56 bits per heavy atom. The average Bonchev–Trinajstić information content (AvgIpc) is 3.07. The minimum Gasteiger partial charge on any atom is -0.550 e. The van der Waals surface area contributed by atoms with Gasteiger partial charge in [-0.05, 0) is 12.5 Å². The lowest BCUT2D eigenvalue weighted by Crippen LogP contribution is -2.34. The third kappa shape index (κ3) is 3.77. The van der Waals surface area contributed by atoms with E-state index in [1.807, 2.05) is 24.3 Å². The summed E-state index contributed by atoms with van der Waals surface area (Å²) in [5.74, 6) is -1.87. The van der Waals surface area contributed by atoms with Crippen LogP contribution in [0.1, 0.15) is 38.2 Å². The molecule has 0 radical (unpaired) electrons. The molecule has 0 N–H and O–H groups in total. The summed E-state index contributed by atoms with van der Waals surface area (Å²) in [5, 5.41) is 10.7. The highest BCUT2D eigenvalue weighted by atomic mass is 32.2. The summed E-state index contributed by atoms with van der Waals surface area (Å²) in [7, 11) is 0. The predicted molar refractivity (Wildman–Crippen MR) is 107 cm³/mol. The van der Waals surface area contributed by atoms with Gasteiger partial charge in [-0.25, -0.2) is 0 Å². The number of hydrogen-bond acceptors (Lipinski definition) is 6. The van der Waals surface area contributed by atoms with Crippen LogP contribution in [-0.4, -0.2) is 40.1 Å². The first kappa shape index (κ1) is 19.6. The van der Waals surface area contributed by atoms with Crippen molar-refractivity contribution in [1.82, 2.24) is 4.90 Å². The number of para-hydroxylation sites is 1. The molecular weight excluding hydrogens is 384 g/mol. The fourth-order valence-electron chi connectivity index (χ4n) is 3.19. The second-order valence-corrected chi connectivity index (χ2v) is 7.98. The van der Waals surface area contributed by atoms with E-state index in [9.17, 15) is 19.5 Å². The van der Waals surface area contributed by atoms with E-state index in [1.54, 1.807) is 4.90 Å². The van der Waals surface area contributed by atoms with Crippen molar-refractivity contribution in [2.45, 2.75) is 32.6 Å². The summed E-state index contributed by atoms with van der Waals surface area (Å²) < 4.78 is 0.262. The summed E-state index contributed by atoms with van der Waals surface area (Å²) in [4.78, 5) is 39.9. The molecule has 2 heterocycles. The smallest absolute Gasteiger partial charge is 0.267 e. The van der Waals surface area contributed by atoms with Crippen LogP contribution in [0.2, 0.25) is 0 Å². The van der Waals surface area contributed by atoms with Crippen molar-refractivity contribution in [2.24, 2.45) is 0 Å². The van der Waals surface area contributed by atoms with Crippen molar-refractivity contribution >= 4 is 57.3 Å². The highest BCUT2D eigenvalue weighted by molar-refractivity contribution is 8.26. The minimum absolute atomic E-state index is 0.0557. The Hall–Kier alpha value is -2.19. The second-order valence-electron chi connectivity index (χ2n) is 6.33. The number of thioether (sulfide) groups is 1. The standard InChI is InChI=1S/C19H20N2O4S2/c1-2-3-6-10-20-13-8-5-4-7-12(13)15(17(20)24)16-18(25)21(19(26)27-16)11-9-14(22)23/h4-5,7-8H,2-3,6,9-11H2,1H3,(H,22,23)/p-1/b16-15+. The number of nitrogens with zero attached hydrogens (tertiary/aromatic N) is 2. The van der Waals surface area contributed by atoms with E-state index < -0.39 is 11.9 Å². The summed E-state index contributed by atoms with van der Waals surface area (Å²) in [6.07, 6.45) is 2.65. The van der Waals surface area contributed by atoms with E-state index >= 15 is 0 Å². The molecule has 0 aliphatic carbocycles. The number of thiocarbonyl (C=S) groups is 1. The molecule has 1 aromatic rings. The van der Waals surface area contributed by atoms with Crippen LogP contribution in [0.15, 0.2) is 29.2 Å². The third-order valence-corrected chi connectivity index (χ3v) is 5.97. The van der Waals surface area contributed by atoms with E-state index in [1.165, 1.54) is 4.90 Å². The van der Waals surface area contributed by atoms with Gasteiger partial charge in [-0.15, -0.1) is 0 Å². The van der Waals surface area contributed by atoms with Crippen molar-refractivity contribution < 1.29 is 19.5 Å². The van der Waals surface area contributed by atoms with Crippen LogP contribution >= 0.6 is 24.0 Å². The molecule has 1 fully saturated rings. The lowest BCUT2D eigenvalue weighted by molar-refractivity contribution is -0.305. The normalized spacial score (nSPS) is 19.2. The fraction of sp³-hybridized carbons (Fsp3) is 0.368. The molecule has 0 spiro atoms. The molecular formula is C19H19N2O4S2-. The number of rotatable bonds is 7. The molecule has 2 amide bonds. The quantitative estimate of drug-likeness (QED) is 0.393. The van der Waals surface area contributed by atoms with Crippen LogP contribution in [0.4, 0.5) is 5.69 Å². The van der Waals surface area contributed by atoms with Gasteiger partial charge >= 0.3 is 0 Å². The highest BCUT2D eigenvalue weighted by Crippen LogP contribution is 2.44. The van der Waals surface area contributed by atoms with E-state index in [0.29, 0.717) is 12.1 Å². The lowest BCUT2D eigenvalue weighted by atomic mass is 10.1. The second kappa shape index (κ2) is 8.22. The van der Waals surface area contributed by atoms with Crippen LogP contribution in [0.3, 0.4) is 0 Å². The Morgan fingerprint density at radius 1 is 1.11 bits per heavy atom. The van der Waals surface area contributed by atoms with Crippen molar-refractivity contribution in [3.8, 4) is 0 Å². The van der Waals surface area contributed by atoms with Crippen molar-refractivity contribution in [1.29, 1.82) is 0 Å². The topological polar surface area (TPSA) is 80.8 Å². The highest BCUT2D eigenvalue weighted by Gasteiger charge is 2.41. The van der Waals surface area contributed by atoms with Gasteiger partial charge in [0, 0.05) is 31.0 Å². The van der Waals surface area contributed by atoms with Gasteiger partial charge in [0.05, 0.1) is 16.2 Å². The molecule has 6 nitrogen and oxygen atoms in total. The summed E-state index contributed by atoms with van der Waals surface area (Å²) in [6.45, 7) is 2.64. The van der Waals surface area contributed by atoms with E-state index in [0.717, 1.165) is 42.3 Å². The van der Waals surface area contributed by atoms with Gasteiger partial charge in [0.1, 0.15) is 4.32 Å². The predicted octanol–water partition coefficient (Wildman–Crippen LogP) is 1.93. The molecule has 1 saturated heterocycles. The first-order valence-electron chi connectivity index (χ1n) is 8.84. The number of benzene rings is 1. The van der Waals surface area contributed by atoms with Crippen LogP contribution in [0.25, 0.3) is 5.57 Å². The third-order valence-electron chi connectivity index (χ3n) is 4.52. The van der Waals surface area contributed by atoms with Gasteiger partial charge < -0.3 is 14.8 Å². The number of carboxylic acid groups (broad SMARTS) is 1. The van der Waals surface area contributed by atoms with Gasteiger partial charge in [0.25, 0.3) is 11.8 Å². The van der Waals surface area contributed by atoms with E-state index in [4.69, 9.17) is 12.2 Å². The number of fused-ring (bicyclic) bond motifs is 1. The number of anilines is 1. The Morgan fingerprint density at radius 2 is 1.85 bits per heavy atom. The van der Waals surface area contributed by atoms with Crippen LogP contribution in [0, 0.1) is 0 Å². The van der Waals surface area contributed by atoms with Gasteiger partial charge in [0.15, 0.2) is 0 Å². The molecule has 2 aliphatic heterocycles. The van der Waals surface area contributed by atoms with Gasteiger partial charge in [0.2, 0.25) is 0 Å². The number of hydrogen-bond donors (Lipinski definition) is 0. The summed E-state index contributed by atoms with van der Waals surface area (Å²) >= 11 is 6.29. The maximum absolute atomic E-state index is 13.1. The Labute approximate surface area is 167 Å². The first-order chi connectivity index (χ1) is 13.0. The molecule has 0 saturated carbocycles. The van der Waals surface area contributed by atoms with E-state index in [2.05, 4.69) is 6.92 Å². The molecule has 0 bridgehead atoms. The fourth-order valence-corrected chi connectivity index (χ4v) is 4.57. The maximum atomic E-state index is 13.1. The maximum Gasteiger partial charge on any atom is 0.267 e.